The topological polar surface area (TPSA) is 39.9 Å². The van der Waals surface area contributed by atoms with Crippen LogP contribution in [-0.4, -0.2) is 26.7 Å². The number of imidazole rings is 1. The molecule has 0 saturated carbocycles. The van der Waals surface area contributed by atoms with Crippen molar-refractivity contribution in [1.29, 1.82) is 0 Å². The third-order valence-corrected chi connectivity index (χ3v) is 3.23. The van der Waals surface area contributed by atoms with E-state index in [9.17, 15) is 0 Å². The summed E-state index contributed by atoms with van der Waals surface area (Å²) in [6.45, 7) is 9.51. The van der Waals surface area contributed by atoms with E-state index >= 15 is 0 Å². The van der Waals surface area contributed by atoms with Crippen LogP contribution in [-0.2, 0) is 17.2 Å². The lowest BCUT2D eigenvalue weighted by atomic mass is 10.1. The molecule has 2 heterocycles. The summed E-state index contributed by atoms with van der Waals surface area (Å²) in [5.74, 6) is 1.21. The summed E-state index contributed by atoms with van der Waals surface area (Å²) in [6.07, 6.45) is 1.85. The molecule has 5 heteroatoms. The van der Waals surface area contributed by atoms with Crippen molar-refractivity contribution in [2.24, 2.45) is 0 Å². The molecule has 0 N–H and O–H groups in total. The van der Waals surface area contributed by atoms with Crippen molar-refractivity contribution in [3.8, 4) is 0 Å². The van der Waals surface area contributed by atoms with Crippen LogP contribution in [0.15, 0.2) is 12.3 Å². The fourth-order valence-corrected chi connectivity index (χ4v) is 2.45. The van der Waals surface area contributed by atoms with E-state index in [-0.39, 0.29) is 5.60 Å². The first-order chi connectivity index (χ1) is 8.96. The molecule has 2 rings (SSSR count). The number of aryl methyl sites for hydroxylation is 1. The minimum Gasteiger partial charge on any atom is -0.374 e. The van der Waals surface area contributed by atoms with Crippen LogP contribution in [0.5, 0.6) is 0 Å². The molecule has 0 atom stereocenters. The van der Waals surface area contributed by atoms with Crippen LogP contribution in [0.4, 0.5) is 0 Å². The Balaban J connectivity index is 2.46. The number of hydrogen-bond acceptors (Lipinski definition) is 3. The quantitative estimate of drug-likeness (QED) is 0.790. The second-order valence-electron chi connectivity index (χ2n) is 5.30. The average molecular weight is 282 g/mol. The molecule has 104 valence electrons. The summed E-state index contributed by atoms with van der Waals surface area (Å²) in [6, 6.07) is 2.03. The van der Waals surface area contributed by atoms with E-state index in [1.54, 1.807) is 0 Å². The highest BCUT2D eigenvalue weighted by atomic mass is 35.5. The van der Waals surface area contributed by atoms with Gasteiger partial charge in [-0.25, -0.2) is 9.97 Å². The highest BCUT2D eigenvalue weighted by molar-refractivity contribution is 6.16. The molecule has 0 aliphatic heterocycles. The van der Waals surface area contributed by atoms with Crippen molar-refractivity contribution in [2.75, 3.05) is 6.61 Å². The maximum absolute atomic E-state index is 6.00. The fourth-order valence-electron chi connectivity index (χ4n) is 2.24. The second-order valence-corrected chi connectivity index (χ2v) is 5.56. The maximum atomic E-state index is 6.00. The van der Waals surface area contributed by atoms with Gasteiger partial charge in [-0.15, -0.1) is 11.6 Å². The second kappa shape index (κ2) is 5.47. The molecular formula is C14H20ClN3O. The van der Waals surface area contributed by atoms with Gasteiger partial charge in [0.2, 0.25) is 0 Å². The van der Waals surface area contributed by atoms with Gasteiger partial charge in [0.05, 0.1) is 18.0 Å². The smallest absolute Gasteiger partial charge is 0.160 e. The minimum absolute atomic E-state index is 0.268. The van der Waals surface area contributed by atoms with Gasteiger partial charge in [-0.3, -0.25) is 0 Å². The number of rotatable bonds is 5. The van der Waals surface area contributed by atoms with Crippen LogP contribution in [0.2, 0.25) is 0 Å². The summed E-state index contributed by atoms with van der Waals surface area (Å²) in [7, 11) is 0. The molecule has 0 radical (unpaired) electrons. The Morgan fingerprint density at radius 3 is 2.79 bits per heavy atom. The number of hydrogen-bond donors (Lipinski definition) is 0. The molecule has 19 heavy (non-hydrogen) atoms. The average Bonchev–Trinajstić information content (AvgIpc) is 2.65. The van der Waals surface area contributed by atoms with Crippen LogP contribution in [0.25, 0.3) is 11.2 Å². The van der Waals surface area contributed by atoms with Crippen LogP contribution in [0.1, 0.15) is 32.2 Å². The molecule has 0 aliphatic carbocycles. The van der Waals surface area contributed by atoms with Gasteiger partial charge < -0.3 is 9.30 Å². The first-order valence-electron chi connectivity index (χ1n) is 6.48. The summed E-state index contributed by atoms with van der Waals surface area (Å²) in [4.78, 5) is 9.03. The molecule has 0 aliphatic rings. The van der Waals surface area contributed by atoms with E-state index in [1.165, 1.54) is 0 Å². The van der Waals surface area contributed by atoms with Gasteiger partial charge in [0, 0.05) is 12.8 Å². The number of alkyl halides is 1. The largest absolute Gasteiger partial charge is 0.374 e. The molecule has 0 unspecified atom stereocenters. The summed E-state index contributed by atoms with van der Waals surface area (Å²) in [5, 5.41) is 0. The van der Waals surface area contributed by atoms with Crippen molar-refractivity contribution >= 4 is 22.8 Å². The number of aromatic nitrogens is 3. The standard InChI is InChI=1S/C14H20ClN3O/c1-5-19-14(3,4)9-18-12(7-15)17-11-6-10(2)8-16-13(11)18/h6,8H,5,7,9H2,1-4H3. The summed E-state index contributed by atoms with van der Waals surface area (Å²) >= 11 is 6.00. The van der Waals surface area contributed by atoms with Crippen molar-refractivity contribution in [1.82, 2.24) is 14.5 Å². The number of fused-ring (bicyclic) bond motifs is 1. The van der Waals surface area contributed by atoms with Gasteiger partial charge >= 0.3 is 0 Å². The van der Waals surface area contributed by atoms with Gasteiger partial charge in [-0.1, -0.05) is 0 Å². The Morgan fingerprint density at radius 1 is 1.42 bits per heavy atom. The van der Waals surface area contributed by atoms with Crippen molar-refractivity contribution in [2.45, 2.75) is 45.7 Å². The Labute approximate surface area is 118 Å². The molecule has 2 aromatic heterocycles. The number of ether oxygens (including phenoxy) is 1. The zero-order valence-corrected chi connectivity index (χ0v) is 12.7. The molecule has 2 aromatic rings. The van der Waals surface area contributed by atoms with E-state index in [1.807, 2.05) is 26.1 Å². The first kappa shape index (κ1) is 14.3. The van der Waals surface area contributed by atoms with Gasteiger partial charge in [0.1, 0.15) is 11.3 Å². The van der Waals surface area contributed by atoms with E-state index in [0.29, 0.717) is 19.0 Å². The normalized spacial score (nSPS) is 12.3. The summed E-state index contributed by atoms with van der Waals surface area (Å²) < 4.78 is 7.81. The molecule has 0 aromatic carbocycles. The zero-order chi connectivity index (χ0) is 14.0. The van der Waals surface area contributed by atoms with Crippen LogP contribution in [0, 0.1) is 6.92 Å². The van der Waals surface area contributed by atoms with Crippen molar-refractivity contribution in [3.05, 3.63) is 23.7 Å². The van der Waals surface area contributed by atoms with Crippen LogP contribution < -0.4 is 0 Å². The SMILES string of the molecule is CCOC(C)(C)Cn1c(CCl)nc2cc(C)cnc21. The number of nitrogens with zero attached hydrogens (tertiary/aromatic N) is 3. The molecule has 0 amide bonds. The minimum atomic E-state index is -0.268. The van der Waals surface area contributed by atoms with E-state index in [0.717, 1.165) is 22.6 Å². The molecule has 0 fully saturated rings. The molecular weight excluding hydrogens is 262 g/mol. The third-order valence-electron chi connectivity index (χ3n) is 2.99. The Bertz CT molecular complexity index is 577. The molecule has 4 nitrogen and oxygen atoms in total. The number of halogens is 1. The predicted octanol–water partition coefficient (Wildman–Crippen LogP) is 3.29. The van der Waals surface area contributed by atoms with Crippen LogP contribution in [0.3, 0.4) is 0 Å². The molecule has 0 spiro atoms. The number of pyridine rings is 1. The molecule has 0 bridgehead atoms. The van der Waals surface area contributed by atoms with Crippen LogP contribution >= 0.6 is 11.6 Å². The lowest BCUT2D eigenvalue weighted by Gasteiger charge is -2.26. The monoisotopic (exact) mass is 281 g/mol. The highest BCUT2D eigenvalue weighted by Crippen LogP contribution is 2.21. The first-order valence-corrected chi connectivity index (χ1v) is 7.02. The lowest BCUT2D eigenvalue weighted by molar-refractivity contribution is -0.0221. The van der Waals surface area contributed by atoms with Gasteiger partial charge in [0.15, 0.2) is 5.65 Å². The zero-order valence-electron chi connectivity index (χ0n) is 11.9. The van der Waals surface area contributed by atoms with E-state index < -0.39 is 0 Å². The molecule has 0 saturated heterocycles. The Morgan fingerprint density at radius 2 is 2.16 bits per heavy atom. The Hall–Kier alpha value is -1.13. The van der Waals surface area contributed by atoms with Crippen molar-refractivity contribution < 1.29 is 4.74 Å². The predicted molar refractivity (Wildman–Crippen MR) is 77.5 cm³/mol. The maximum Gasteiger partial charge on any atom is 0.160 e. The lowest BCUT2D eigenvalue weighted by Crippen LogP contribution is -2.31. The van der Waals surface area contributed by atoms with E-state index in [2.05, 4.69) is 28.4 Å². The fraction of sp³-hybridized carbons (Fsp3) is 0.571. The summed E-state index contributed by atoms with van der Waals surface area (Å²) in [5.41, 5.74) is 2.59. The highest BCUT2D eigenvalue weighted by Gasteiger charge is 2.22. The van der Waals surface area contributed by atoms with Crippen molar-refractivity contribution in [3.63, 3.8) is 0 Å². The van der Waals surface area contributed by atoms with Gasteiger partial charge in [-0.05, 0) is 39.3 Å². The van der Waals surface area contributed by atoms with Gasteiger partial charge in [-0.2, -0.15) is 0 Å². The van der Waals surface area contributed by atoms with E-state index in [4.69, 9.17) is 16.3 Å². The third kappa shape index (κ3) is 3.07. The van der Waals surface area contributed by atoms with Gasteiger partial charge in [0.25, 0.3) is 0 Å². The Kier molecular flexibility index (Phi) is 4.11.